The number of hydrogen-bond acceptors (Lipinski definition) is 5. The fourth-order valence-electron chi connectivity index (χ4n) is 5.91. The molecule has 3 heterocycles. The number of hydrogen-bond donors (Lipinski definition) is 1. The van der Waals surface area contributed by atoms with Crippen molar-refractivity contribution in [3.05, 3.63) is 38.9 Å². The third kappa shape index (κ3) is 4.50. The van der Waals surface area contributed by atoms with Crippen LogP contribution in [0.4, 0.5) is 5.69 Å². The van der Waals surface area contributed by atoms with Gasteiger partial charge in [-0.25, -0.2) is 0 Å². The van der Waals surface area contributed by atoms with Crippen molar-refractivity contribution in [2.75, 3.05) is 44.3 Å². The number of morpholine rings is 1. The first-order valence-electron chi connectivity index (χ1n) is 12.6. The van der Waals surface area contributed by atoms with Gasteiger partial charge in [0.15, 0.2) is 0 Å². The summed E-state index contributed by atoms with van der Waals surface area (Å²) in [5.74, 6) is 0. The molecule has 0 unspecified atom stereocenters. The number of H-pyrrole nitrogens is 1. The molecule has 174 valence electrons. The average Bonchev–Trinajstić information content (AvgIpc) is 2.80. The highest BCUT2D eigenvalue weighted by atomic mass is 16.5. The molecule has 1 aromatic heterocycles. The zero-order valence-electron chi connectivity index (χ0n) is 19.1. The summed E-state index contributed by atoms with van der Waals surface area (Å²) in [4.78, 5) is 33.2. The number of aromatic nitrogens is 2. The van der Waals surface area contributed by atoms with Crippen molar-refractivity contribution in [2.24, 2.45) is 0 Å². The molecule has 1 saturated carbocycles. The number of fused-ring (bicyclic) bond motifs is 1. The lowest BCUT2D eigenvalue weighted by Crippen LogP contribution is -2.45. The Labute approximate surface area is 189 Å². The van der Waals surface area contributed by atoms with Gasteiger partial charge in [-0.1, -0.05) is 32.1 Å². The van der Waals surface area contributed by atoms with Crippen molar-refractivity contribution in [1.82, 2.24) is 14.5 Å². The molecule has 2 aromatic rings. The van der Waals surface area contributed by atoms with Crippen LogP contribution in [-0.4, -0.2) is 59.9 Å². The van der Waals surface area contributed by atoms with E-state index < -0.39 is 11.1 Å². The van der Waals surface area contributed by atoms with Crippen LogP contribution >= 0.6 is 0 Å². The molecule has 1 aromatic carbocycles. The molecule has 7 nitrogen and oxygen atoms in total. The van der Waals surface area contributed by atoms with Crippen LogP contribution in [0, 0.1) is 0 Å². The Morgan fingerprint density at radius 2 is 1.50 bits per heavy atom. The molecular weight excluding hydrogens is 404 g/mol. The Morgan fingerprint density at radius 3 is 2.22 bits per heavy atom. The maximum atomic E-state index is 13.0. The molecule has 1 aliphatic carbocycles. The molecule has 0 radical (unpaired) electrons. The third-order valence-corrected chi connectivity index (χ3v) is 7.73. The van der Waals surface area contributed by atoms with Crippen molar-refractivity contribution in [1.29, 1.82) is 0 Å². The number of aromatic amines is 1. The average molecular weight is 441 g/mol. The van der Waals surface area contributed by atoms with Crippen LogP contribution in [0.3, 0.4) is 0 Å². The van der Waals surface area contributed by atoms with Gasteiger partial charge in [-0.05, 0) is 43.9 Å². The number of anilines is 1. The van der Waals surface area contributed by atoms with E-state index in [4.69, 9.17) is 4.74 Å². The van der Waals surface area contributed by atoms with E-state index in [9.17, 15) is 9.59 Å². The lowest BCUT2D eigenvalue weighted by molar-refractivity contribution is 0.115. The van der Waals surface area contributed by atoms with Crippen LogP contribution < -0.4 is 16.0 Å². The summed E-state index contributed by atoms with van der Waals surface area (Å²) in [6.45, 7) is 5.16. The van der Waals surface area contributed by atoms with Crippen molar-refractivity contribution < 1.29 is 4.74 Å². The monoisotopic (exact) mass is 440 g/mol. The van der Waals surface area contributed by atoms with E-state index in [0.29, 0.717) is 6.04 Å². The van der Waals surface area contributed by atoms with Gasteiger partial charge < -0.3 is 19.5 Å². The SMILES string of the molecule is O=c1[nH]c2ccc(N3CCOCC3)cc2n(C2CCN(C3CCCCCCC3)CC2)c1=O. The molecule has 3 aliphatic rings. The topological polar surface area (TPSA) is 70.6 Å². The van der Waals surface area contributed by atoms with Gasteiger partial charge in [0, 0.05) is 44.0 Å². The highest BCUT2D eigenvalue weighted by molar-refractivity contribution is 5.79. The predicted octanol–water partition coefficient (Wildman–Crippen LogP) is 3.28. The van der Waals surface area contributed by atoms with Gasteiger partial charge in [0.05, 0.1) is 24.2 Å². The summed E-state index contributed by atoms with van der Waals surface area (Å²) >= 11 is 0. The molecule has 32 heavy (non-hydrogen) atoms. The molecule has 0 atom stereocenters. The first-order valence-corrected chi connectivity index (χ1v) is 12.6. The van der Waals surface area contributed by atoms with Crippen LogP contribution in [0.15, 0.2) is 27.8 Å². The Bertz CT molecular complexity index is 1020. The van der Waals surface area contributed by atoms with Crippen LogP contribution in [-0.2, 0) is 4.74 Å². The van der Waals surface area contributed by atoms with E-state index in [0.717, 1.165) is 69.0 Å². The smallest absolute Gasteiger partial charge is 0.316 e. The van der Waals surface area contributed by atoms with Crippen LogP contribution in [0.5, 0.6) is 0 Å². The van der Waals surface area contributed by atoms with Crippen molar-refractivity contribution in [3.8, 4) is 0 Å². The number of rotatable bonds is 3. The minimum Gasteiger partial charge on any atom is -0.378 e. The van der Waals surface area contributed by atoms with E-state index in [1.165, 1.54) is 44.9 Å². The van der Waals surface area contributed by atoms with Gasteiger partial charge in [-0.15, -0.1) is 0 Å². The summed E-state index contributed by atoms with van der Waals surface area (Å²) < 4.78 is 7.29. The number of ether oxygens (including phenoxy) is 1. The minimum absolute atomic E-state index is 0.0806. The van der Waals surface area contributed by atoms with Gasteiger partial charge >= 0.3 is 11.1 Å². The van der Waals surface area contributed by atoms with Gasteiger partial charge in [-0.2, -0.15) is 0 Å². The number of benzene rings is 1. The van der Waals surface area contributed by atoms with Crippen LogP contribution in [0.2, 0.25) is 0 Å². The highest BCUT2D eigenvalue weighted by Gasteiger charge is 2.28. The maximum absolute atomic E-state index is 13.0. The fourth-order valence-corrected chi connectivity index (χ4v) is 5.91. The normalized spacial score (nSPS) is 22.7. The van der Waals surface area contributed by atoms with E-state index in [1.807, 2.05) is 12.1 Å². The van der Waals surface area contributed by atoms with E-state index in [-0.39, 0.29) is 6.04 Å². The Hall–Kier alpha value is -2.12. The number of nitrogens with zero attached hydrogens (tertiary/aromatic N) is 3. The maximum Gasteiger partial charge on any atom is 0.316 e. The van der Waals surface area contributed by atoms with Crippen molar-refractivity contribution in [2.45, 2.75) is 69.9 Å². The Balaban J connectivity index is 1.40. The molecular formula is C25H36N4O3. The zero-order valence-corrected chi connectivity index (χ0v) is 19.1. The van der Waals surface area contributed by atoms with Gasteiger partial charge in [0.1, 0.15) is 0 Å². The van der Waals surface area contributed by atoms with Gasteiger partial charge in [0.25, 0.3) is 0 Å². The van der Waals surface area contributed by atoms with Crippen LogP contribution in [0.25, 0.3) is 11.0 Å². The quantitative estimate of drug-likeness (QED) is 0.742. The zero-order chi connectivity index (χ0) is 21.9. The largest absolute Gasteiger partial charge is 0.378 e. The van der Waals surface area contributed by atoms with Crippen molar-refractivity contribution in [3.63, 3.8) is 0 Å². The number of nitrogens with one attached hydrogen (secondary N) is 1. The lowest BCUT2D eigenvalue weighted by atomic mass is 9.93. The Morgan fingerprint density at radius 1 is 0.812 bits per heavy atom. The molecule has 5 rings (SSSR count). The first-order chi connectivity index (χ1) is 15.7. The summed E-state index contributed by atoms with van der Waals surface area (Å²) in [6, 6.07) is 6.84. The number of likely N-dealkylation sites (tertiary alicyclic amines) is 1. The van der Waals surface area contributed by atoms with Gasteiger partial charge in [-0.3, -0.25) is 14.2 Å². The molecule has 3 fully saturated rings. The van der Waals surface area contributed by atoms with E-state index in [1.54, 1.807) is 4.57 Å². The summed E-state index contributed by atoms with van der Waals surface area (Å²) in [5.41, 5.74) is 1.75. The van der Waals surface area contributed by atoms with Crippen LogP contribution in [0.1, 0.15) is 63.8 Å². The predicted molar refractivity (Wildman–Crippen MR) is 128 cm³/mol. The van der Waals surface area contributed by atoms with E-state index >= 15 is 0 Å². The Kier molecular flexibility index (Phi) is 6.64. The summed E-state index contributed by atoms with van der Waals surface area (Å²) in [6.07, 6.45) is 11.3. The second kappa shape index (κ2) is 9.79. The molecule has 2 saturated heterocycles. The molecule has 2 aliphatic heterocycles. The number of piperidine rings is 1. The summed E-state index contributed by atoms with van der Waals surface area (Å²) in [7, 11) is 0. The second-order valence-corrected chi connectivity index (χ2v) is 9.70. The standard InChI is InChI=1S/C25H36N4O3/c30-24-25(31)29(20-10-12-27(13-11-20)19-6-4-2-1-3-5-7-19)23-18-21(8-9-22(23)26-24)28-14-16-32-17-15-28/h8-9,18-20H,1-7,10-17H2,(H,26,30). The summed E-state index contributed by atoms with van der Waals surface area (Å²) in [5, 5.41) is 0. The van der Waals surface area contributed by atoms with Crippen molar-refractivity contribution >= 4 is 16.7 Å². The molecule has 7 heteroatoms. The second-order valence-electron chi connectivity index (χ2n) is 9.70. The molecule has 0 spiro atoms. The molecule has 0 bridgehead atoms. The minimum atomic E-state index is -0.515. The first kappa shape index (κ1) is 21.7. The highest BCUT2D eigenvalue weighted by Crippen LogP contribution is 2.30. The lowest BCUT2D eigenvalue weighted by Gasteiger charge is -2.39. The third-order valence-electron chi connectivity index (χ3n) is 7.73. The fraction of sp³-hybridized carbons (Fsp3) is 0.680. The van der Waals surface area contributed by atoms with Gasteiger partial charge in [0.2, 0.25) is 0 Å². The molecule has 1 N–H and O–H groups in total. The van der Waals surface area contributed by atoms with E-state index in [2.05, 4.69) is 20.9 Å². The molecule has 0 amide bonds.